The van der Waals surface area contributed by atoms with E-state index in [2.05, 4.69) is 0 Å². The summed E-state index contributed by atoms with van der Waals surface area (Å²) in [6, 6.07) is -0.731. The van der Waals surface area contributed by atoms with E-state index in [1.54, 1.807) is 0 Å². The minimum atomic E-state index is -1.23. The van der Waals surface area contributed by atoms with Crippen molar-refractivity contribution in [1.29, 1.82) is 0 Å². The zero-order chi connectivity index (χ0) is 10.3. The fourth-order valence-corrected chi connectivity index (χ4v) is 0. The third-order valence-electron chi connectivity index (χ3n) is 0.747. The van der Waals surface area contributed by atoms with E-state index in [1.165, 1.54) is 13.8 Å². The third kappa shape index (κ3) is 11.6. The Hall–Kier alpha value is -1.14. The summed E-state index contributed by atoms with van der Waals surface area (Å²) in [7, 11) is 0. The van der Waals surface area contributed by atoms with Crippen molar-refractivity contribution in [2.45, 2.75) is 26.0 Å². The Kier molecular flexibility index (Phi) is 7.36. The highest BCUT2D eigenvalue weighted by Gasteiger charge is 2.01. The van der Waals surface area contributed by atoms with Crippen molar-refractivity contribution in [2.75, 3.05) is 0 Å². The van der Waals surface area contributed by atoms with Gasteiger partial charge in [-0.2, -0.15) is 0 Å². The molecule has 0 spiro atoms. The molecule has 0 aliphatic carbocycles. The van der Waals surface area contributed by atoms with E-state index in [1.807, 2.05) is 0 Å². The van der Waals surface area contributed by atoms with Crippen molar-refractivity contribution in [2.24, 2.45) is 5.73 Å². The molecular weight excluding hydrogens is 166 g/mol. The van der Waals surface area contributed by atoms with Gasteiger partial charge >= 0.3 is 11.9 Å². The molecule has 0 aromatic rings. The normalized spacial score (nSPS) is 13.7. The summed E-state index contributed by atoms with van der Waals surface area (Å²) in [6.07, 6.45) is -1.23. The minimum absolute atomic E-state index is 0.731. The highest BCUT2D eigenvalue weighted by atomic mass is 16.4. The molecular formula is C6H13NO5. The highest BCUT2D eigenvalue weighted by Crippen LogP contribution is 1.73. The molecule has 0 heterocycles. The summed E-state index contributed by atoms with van der Waals surface area (Å²) in [4.78, 5) is 19.0. The number of aliphatic carboxylic acids is 2. The van der Waals surface area contributed by atoms with Gasteiger partial charge < -0.3 is 21.1 Å². The summed E-state index contributed by atoms with van der Waals surface area (Å²) >= 11 is 0. The first-order chi connectivity index (χ1) is 5.29. The number of hydrogen-bond acceptors (Lipinski definition) is 4. The number of aliphatic hydroxyl groups is 1. The fraction of sp³-hybridized carbons (Fsp3) is 0.667. The lowest BCUT2D eigenvalue weighted by Gasteiger charge is -1.90. The van der Waals surface area contributed by atoms with Gasteiger partial charge in [0.2, 0.25) is 0 Å². The first-order valence-corrected chi connectivity index (χ1v) is 3.18. The molecule has 0 saturated heterocycles. The Labute approximate surface area is 69.6 Å². The van der Waals surface area contributed by atoms with Crippen LogP contribution in [0.4, 0.5) is 0 Å². The lowest BCUT2D eigenvalue weighted by Crippen LogP contribution is -2.25. The molecule has 0 rings (SSSR count). The van der Waals surface area contributed by atoms with Gasteiger partial charge in [0.05, 0.1) is 0 Å². The molecule has 0 amide bonds. The maximum Gasteiger partial charge on any atom is 0.332 e. The summed E-state index contributed by atoms with van der Waals surface area (Å²) in [6.45, 7) is 2.62. The van der Waals surface area contributed by atoms with Gasteiger partial charge in [-0.1, -0.05) is 0 Å². The molecule has 0 aliphatic heterocycles. The summed E-state index contributed by atoms with van der Waals surface area (Å²) in [5.74, 6) is -2.15. The Morgan fingerprint density at radius 3 is 1.33 bits per heavy atom. The van der Waals surface area contributed by atoms with Gasteiger partial charge in [-0.05, 0) is 13.8 Å². The predicted molar refractivity (Wildman–Crippen MR) is 40.6 cm³/mol. The van der Waals surface area contributed by atoms with Gasteiger partial charge in [-0.25, -0.2) is 4.79 Å². The lowest BCUT2D eigenvalue weighted by atomic mass is 10.4. The van der Waals surface area contributed by atoms with Crippen LogP contribution in [0.2, 0.25) is 0 Å². The Balaban J connectivity index is 0. The molecule has 2 unspecified atom stereocenters. The topological polar surface area (TPSA) is 121 Å². The summed E-state index contributed by atoms with van der Waals surface area (Å²) in [5.41, 5.74) is 4.84. The predicted octanol–water partition coefficient (Wildman–Crippen LogP) is -1.13. The molecule has 0 fully saturated rings. The number of rotatable bonds is 2. The van der Waals surface area contributed by atoms with Crippen molar-refractivity contribution in [3.05, 3.63) is 0 Å². The Bertz CT molecular complexity index is 136. The third-order valence-corrected chi connectivity index (χ3v) is 0.747. The van der Waals surface area contributed by atoms with Crippen molar-refractivity contribution in [3.8, 4) is 0 Å². The molecule has 0 saturated carbocycles. The SMILES string of the molecule is CC(N)C(=O)O.CC(O)C(=O)O. The van der Waals surface area contributed by atoms with Crippen molar-refractivity contribution in [1.82, 2.24) is 0 Å². The molecule has 0 radical (unpaired) electrons. The monoisotopic (exact) mass is 179 g/mol. The number of carboxylic acids is 2. The van der Waals surface area contributed by atoms with Crippen LogP contribution in [0.5, 0.6) is 0 Å². The minimum Gasteiger partial charge on any atom is -0.480 e. The Morgan fingerprint density at radius 2 is 1.33 bits per heavy atom. The van der Waals surface area contributed by atoms with Crippen molar-refractivity contribution in [3.63, 3.8) is 0 Å². The molecule has 6 nitrogen and oxygen atoms in total. The lowest BCUT2D eigenvalue weighted by molar-refractivity contribution is -0.145. The van der Waals surface area contributed by atoms with Crippen LogP contribution in [-0.2, 0) is 9.59 Å². The van der Waals surface area contributed by atoms with Gasteiger partial charge in [0.15, 0.2) is 0 Å². The van der Waals surface area contributed by atoms with Crippen LogP contribution in [-0.4, -0.2) is 39.4 Å². The summed E-state index contributed by atoms with van der Waals surface area (Å²) < 4.78 is 0. The quantitative estimate of drug-likeness (QED) is 0.425. The molecule has 2 atom stereocenters. The molecule has 5 N–H and O–H groups in total. The molecule has 12 heavy (non-hydrogen) atoms. The number of hydrogen-bond donors (Lipinski definition) is 4. The standard InChI is InChI=1S/C3H7NO2.C3H6O3/c2*1-2(4)3(5)6/h2H,4H2,1H3,(H,5,6);2,4H,1H3,(H,5,6). The maximum atomic E-state index is 9.57. The van der Waals surface area contributed by atoms with Crippen LogP contribution < -0.4 is 5.73 Å². The smallest absolute Gasteiger partial charge is 0.332 e. The maximum absolute atomic E-state index is 9.57. The molecule has 0 bridgehead atoms. The van der Waals surface area contributed by atoms with Gasteiger partial charge in [0.25, 0.3) is 0 Å². The molecule has 0 aliphatic rings. The number of carboxylic acid groups (broad SMARTS) is 2. The van der Waals surface area contributed by atoms with E-state index < -0.39 is 24.1 Å². The van der Waals surface area contributed by atoms with Crippen molar-refractivity contribution < 1.29 is 24.9 Å². The van der Waals surface area contributed by atoms with E-state index in [4.69, 9.17) is 21.1 Å². The second kappa shape index (κ2) is 6.56. The van der Waals surface area contributed by atoms with Crippen LogP contribution in [0.25, 0.3) is 0 Å². The first kappa shape index (κ1) is 13.4. The van der Waals surface area contributed by atoms with Crippen molar-refractivity contribution >= 4 is 11.9 Å². The highest BCUT2D eigenvalue weighted by molar-refractivity contribution is 5.72. The number of carbonyl (C=O) groups is 2. The van der Waals surface area contributed by atoms with Gasteiger partial charge in [-0.3, -0.25) is 4.79 Å². The fourth-order valence-electron chi connectivity index (χ4n) is 0. The zero-order valence-corrected chi connectivity index (χ0v) is 6.89. The molecule has 0 aromatic carbocycles. The van der Waals surface area contributed by atoms with E-state index in [0.29, 0.717) is 0 Å². The number of nitrogens with two attached hydrogens (primary N) is 1. The summed E-state index contributed by atoms with van der Waals surface area (Å²) in [5, 5.41) is 23.6. The van der Waals surface area contributed by atoms with E-state index in [9.17, 15) is 9.59 Å². The van der Waals surface area contributed by atoms with Crippen LogP contribution in [0, 0.1) is 0 Å². The molecule has 0 aromatic heterocycles. The van der Waals surface area contributed by atoms with Gasteiger partial charge in [0, 0.05) is 0 Å². The van der Waals surface area contributed by atoms with Crippen LogP contribution in [0.15, 0.2) is 0 Å². The zero-order valence-electron chi connectivity index (χ0n) is 6.89. The molecule has 72 valence electrons. The molecule has 6 heteroatoms. The average molecular weight is 179 g/mol. The van der Waals surface area contributed by atoms with Crippen LogP contribution in [0.1, 0.15) is 13.8 Å². The van der Waals surface area contributed by atoms with E-state index in [-0.39, 0.29) is 0 Å². The van der Waals surface area contributed by atoms with Crippen LogP contribution >= 0.6 is 0 Å². The first-order valence-electron chi connectivity index (χ1n) is 3.18. The van der Waals surface area contributed by atoms with Crippen LogP contribution in [0.3, 0.4) is 0 Å². The van der Waals surface area contributed by atoms with Gasteiger partial charge in [0.1, 0.15) is 12.1 Å². The second-order valence-corrected chi connectivity index (χ2v) is 2.14. The second-order valence-electron chi connectivity index (χ2n) is 2.14. The number of aliphatic hydroxyl groups excluding tert-OH is 1. The van der Waals surface area contributed by atoms with E-state index >= 15 is 0 Å². The average Bonchev–Trinajstić information content (AvgIpc) is 1.88. The van der Waals surface area contributed by atoms with Gasteiger partial charge in [-0.15, -0.1) is 0 Å². The van der Waals surface area contributed by atoms with E-state index in [0.717, 1.165) is 0 Å². The Morgan fingerprint density at radius 1 is 1.17 bits per heavy atom. The largest absolute Gasteiger partial charge is 0.480 e.